The van der Waals surface area contributed by atoms with Crippen LogP contribution < -0.4 is 18.9 Å². The van der Waals surface area contributed by atoms with Gasteiger partial charge in [0.05, 0.1) is 0 Å². The second-order valence-electron chi connectivity index (χ2n) is 1.39. The summed E-state index contributed by atoms with van der Waals surface area (Å²) in [7, 11) is -8.67. The van der Waals surface area contributed by atoms with Gasteiger partial charge in [-0.2, -0.15) is 0 Å². The normalized spacial score (nSPS) is 5.14. The summed E-state index contributed by atoms with van der Waals surface area (Å²) in [6.07, 6.45) is 0. The number of rotatable bonds is 0. The van der Waals surface area contributed by atoms with Crippen LogP contribution in [-0.2, 0) is 0 Å². The maximum Gasteiger partial charge on any atom is 1.00 e. The van der Waals surface area contributed by atoms with E-state index in [1.807, 2.05) is 0 Å². The van der Waals surface area contributed by atoms with Gasteiger partial charge in [0.2, 0.25) is 0 Å². The van der Waals surface area contributed by atoms with Crippen LogP contribution in [-0.4, -0.2) is 111 Å². The maximum atomic E-state index is 7.17. The first kappa shape index (κ1) is 58.1. The molecule has 0 radical (unpaired) electrons. The molecule has 16 nitrogen and oxygen atoms in total. The molecule has 0 aromatic rings. The van der Waals surface area contributed by atoms with Crippen molar-refractivity contribution in [3.05, 3.63) is 0 Å². The molecular formula is H21B4LiO16. The van der Waals surface area contributed by atoms with E-state index in [2.05, 4.69) is 0 Å². The van der Waals surface area contributed by atoms with Crippen LogP contribution in [0.5, 0.6) is 0 Å². The molecule has 21 heteroatoms. The van der Waals surface area contributed by atoms with Crippen LogP contribution >= 0.6 is 0 Å². The Bertz CT molecular complexity index is 69.1. The molecule has 0 atom stereocenters. The molecule has 0 aromatic carbocycles. The van der Waals surface area contributed by atoms with E-state index in [1.165, 1.54) is 0 Å². The van der Waals surface area contributed by atoms with E-state index < -0.39 is 29.3 Å². The predicted molar refractivity (Wildman–Crippen MR) is 65.2 cm³/mol. The molecule has 0 aliphatic heterocycles. The Hall–Kier alpha value is 0.217. The molecule has 0 rings (SSSR count). The first-order chi connectivity index (χ1) is 6.93. The Morgan fingerprint density at radius 1 is 0.333 bits per heavy atom. The quantitative estimate of drug-likeness (QED) is 0.184. The van der Waals surface area contributed by atoms with Crippen molar-refractivity contribution in [1.29, 1.82) is 0 Å². The van der Waals surface area contributed by atoms with Gasteiger partial charge in [0.25, 0.3) is 0 Å². The number of hydrogen-bond acceptors (Lipinski definition) is 12. The molecule has 0 saturated heterocycles. The van der Waals surface area contributed by atoms with Crippen molar-refractivity contribution in [2.45, 2.75) is 0 Å². The molecule has 21 heavy (non-hydrogen) atoms. The van der Waals surface area contributed by atoms with E-state index in [-0.39, 0.29) is 42.2 Å². The van der Waals surface area contributed by atoms with Crippen molar-refractivity contribution < 1.29 is 102 Å². The largest absolute Gasteiger partial charge is 1.00 e. The van der Waals surface area contributed by atoms with Gasteiger partial charge in [-0.1, -0.05) is 0 Å². The first-order valence-corrected chi connectivity index (χ1v) is 3.10. The van der Waals surface area contributed by atoms with Gasteiger partial charge in [-0.05, 0) is 0 Å². The van der Waals surface area contributed by atoms with E-state index in [9.17, 15) is 0 Å². The zero-order valence-electron chi connectivity index (χ0n) is 11.7. The fraction of sp³-hybridized carbons (Fsp3) is 0. The summed E-state index contributed by atoms with van der Waals surface area (Å²) in [4.78, 5) is 0. The molecule has 0 bridgehead atoms. The molecule has 0 aliphatic carbocycles. The van der Waals surface area contributed by atoms with Gasteiger partial charge < -0.3 is 83.6 Å². The standard InChI is InChI=1S/4BH3O3.Li.4H2O.H/c4*2-1(3)4;;;;;;/h4*2-4H;;4*1H2;/q;;;;+1;;;;;-1. The molecule has 130 valence electrons. The third kappa shape index (κ3) is 142000. The second-order valence-corrected chi connectivity index (χ2v) is 1.39. The van der Waals surface area contributed by atoms with Gasteiger partial charge in [-0.25, -0.2) is 0 Å². The summed E-state index contributed by atoms with van der Waals surface area (Å²) < 4.78 is 0. The first-order valence-electron chi connectivity index (χ1n) is 3.10. The molecule has 0 amide bonds. The fourth-order valence-corrected chi connectivity index (χ4v) is 0. The molecule has 0 aliphatic rings. The van der Waals surface area contributed by atoms with Crippen LogP contribution in [0, 0.1) is 0 Å². The SMILES string of the molecule is O.O.O.O.OB(O)O.OB(O)O.OB(O)O.OB(O)O.[H-].[Li+]. The smallest absolute Gasteiger partial charge is 1.00 e. The molecule has 0 heterocycles. The van der Waals surface area contributed by atoms with Crippen molar-refractivity contribution in [3.63, 3.8) is 0 Å². The third-order valence-electron chi connectivity index (χ3n) is 0. The zero-order valence-corrected chi connectivity index (χ0v) is 10.7. The summed E-state index contributed by atoms with van der Waals surface area (Å²) in [6.45, 7) is 0. The van der Waals surface area contributed by atoms with E-state index in [4.69, 9.17) is 60.3 Å². The predicted octanol–water partition coefficient (Wildman–Crippen LogP) is -14.4. The third-order valence-corrected chi connectivity index (χ3v) is 0. The van der Waals surface area contributed by atoms with Crippen LogP contribution in [0.2, 0.25) is 0 Å². The van der Waals surface area contributed by atoms with Crippen molar-refractivity contribution in [2.75, 3.05) is 0 Å². The van der Waals surface area contributed by atoms with Crippen molar-refractivity contribution in [2.24, 2.45) is 0 Å². The van der Waals surface area contributed by atoms with Crippen molar-refractivity contribution in [3.8, 4) is 0 Å². The Kier molecular flexibility index (Phi) is 138. The Morgan fingerprint density at radius 2 is 0.333 bits per heavy atom. The minimum Gasteiger partial charge on any atom is -1.00 e. The van der Waals surface area contributed by atoms with Crippen LogP contribution in [0.4, 0.5) is 0 Å². The second kappa shape index (κ2) is 50.0. The van der Waals surface area contributed by atoms with E-state index in [0.29, 0.717) is 0 Å². The van der Waals surface area contributed by atoms with Gasteiger partial charge in [-0.15, -0.1) is 0 Å². The van der Waals surface area contributed by atoms with Gasteiger partial charge in [0.1, 0.15) is 0 Å². The summed E-state index contributed by atoms with van der Waals surface area (Å²) in [5.74, 6) is 0. The summed E-state index contributed by atoms with van der Waals surface area (Å²) in [5.41, 5.74) is 0. The van der Waals surface area contributed by atoms with Crippen LogP contribution in [0.3, 0.4) is 0 Å². The fourth-order valence-electron chi connectivity index (χ4n) is 0. The molecule has 0 spiro atoms. The van der Waals surface area contributed by atoms with Crippen LogP contribution in [0.15, 0.2) is 0 Å². The molecule has 0 unspecified atom stereocenters. The molecule has 0 fully saturated rings. The average molecular weight is 327 g/mol. The van der Waals surface area contributed by atoms with E-state index in [1.54, 1.807) is 0 Å². The van der Waals surface area contributed by atoms with Gasteiger partial charge >= 0.3 is 48.1 Å². The summed E-state index contributed by atoms with van der Waals surface area (Å²) in [6, 6.07) is 0. The van der Waals surface area contributed by atoms with Gasteiger partial charge in [0, 0.05) is 0 Å². The average Bonchev–Trinajstić information content (AvgIpc) is 1.76. The molecular weight excluding hydrogens is 306 g/mol. The van der Waals surface area contributed by atoms with Gasteiger partial charge in [0.15, 0.2) is 0 Å². The van der Waals surface area contributed by atoms with Crippen LogP contribution in [0.1, 0.15) is 1.43 Å². The number of hydrogen-bond donors (Lipinski definition) is 12. The Balaban J connectivity index is -0.00000001000. The minimum absolute atomic E-state index is 0. The monoisotopic (exact) mass is 328 g/mol. The minimum atomic E-state index is -2.17. The molecule has 20 N–H and O–H groups in total. The zero-order chi connectivity index (χ0) is 14.3. The van der Waals surface area contributed by atoms with Crippen molar-refractivity contribution in [1.82, 2.24) is 0 Å². The maximum absolute atomic E-state index is 7.17. The summed E-state index contributed by atoms with van der Waals surface area (Å²) >= 11 is 0. The van der Waals surface area contributed by atoms with E-state index >= 15 is 0 Å². The van der Waals surface area contributed by atoms with Crippen molar-refractivity contribution >= 4 is 29.3 Å². The Morgan fingerprint density at radius 3 is 0.333 bits per heavy atom. The molecule has 0 saturated carbocycles. The van der Waals surface area contributed by atoms with Crippen LogP contribution in [0.25, 0.3) is 0 Å². The van der Waals surface area contributed by atoms with Gasteiger partial charge in [-0.3, -0.25) is 0 Å². The summed E-state index contributed by atoms with van der Waals surface area (Å²) in [5, 5.41) is 86.0. The Labute approximate surface area is 132 Å². The van der Waals surface area contributed by atoms with E-state index in [0.717, 1.165) is 0 Å². The topological polar surface area (TPSA) is 369 Å². The molecule has 0 aromatic heterocycles.